The second kappa shape index (κ2) is 11.8. The highest BCUT2D eigenvalue weighted by molar-refractivity contribution is 5.94. The zero-order valence-corrected chi connectivity index (χ0v) is 19.3. The number of benzene rings is 1. The molecule has 0 N–H and O–H groups in total. The molecule has 1 aromatic rings. The Balaban J connectivity index is 3.36. The molecule has 0 saturated carbocycles. The van der Waals surface area contributed by atoms with Gasteiger partial charge in [0.15, 0.2) is 0 Å². The smallest absolute Gasteiger partial charge is 0.420 e. The fourth-order valence-electron chi connectivity index (χ4n) is 2.85. The number of imide groups is 1. The van der Waals surface area contributed by atoms with Gasteiger partial charge in [-0.05, 0) is 40.2 Å². The Morgan fingerprint density at radius 3 is 2.25 bits per heavy atom. The molecule has 0 aliphatic carbocycles. The predicted molar refractivity (Wildman–Crippen MR) is 116 cm³/mol. The van der Waals surface area contributed by atoms with Crippen molar-refractivity contribution in [1.29, 1.82) is 0 Å². The molecule has 32 heavy (non-hydrogen) atoms. The van der Waals surface area contributed by atoms with Gasteiger partial charge >= 0.3 is 18.2 Å². The van der Waals surface area contributed by atoms with Gasteiger partial charge in [-0.3, -0.25) is 0 Å². The molecule has 1 aromatic carbocycles. The van der Waals surface area contributed by atoms with Crippen LogP contribution < -0.4 is 0 Å². The van der Waals surface area contributed by atoms with E-state index in [-0.39, 0.29) is 13.0 Å². The molecule has 0 aromatic heterocycles. The molecule has 0 radical (unpaired) electrons. The summed E-state index contributed by atoms with van der Waals surface area (Å²) in [5, 5.41) is 0. The number of ether oxygens (including phenoxy) is 3. The van der Waals surface area contributed by atoms with E-state index in [9.17, 15) is 19.2 Å². The Kier molecular flexibility index (Phi) is 9.81. The predicted octanol–water partition coefficient (Wildman–Crippen LogP) is 4.16. The fraction of sp³-hybridized carbons (Fsp3) is 0.478. The zero-order valence-electron chi connectivity index (χ0n) is 19.3. The van der Waals surface area contributed by atoms with Crippen LogP contribution in [0, 0.1) is 0 Å². The van der Waals surface area contributed by atoms with Gasteiger partial charge in [0, 0.05) is 6.42 Å². The number of rotatable bonds is 8. The third-order valence-corrected chi connectivity index (χ3v) is 4.21. The van der Waals surface area contributed by atoms with E-state index in [1.807, 2.05) is 0 Å². The lowest BCUT2D eigenvalue weighted by molar-refractivity contribution is -0.147. The number of nitrogens with zero attached hydrogens (tertiary/aromatic N) is 2. The van der Waals surface area contributed by atoms with Crippen molar-refractivity contribution >= 4 is 24.2 Å². The van der Waals surface area contributed by atoms with Gasteiger partial charge in [-0.25, -0.2) is 19.2 Å². The van der Waals surface area contributed by atoms with E-state index >= 15 is 0 Å². The molecule has 174 valence electrons. The largest absolute Gasteiger partial charge is 0.467 e. The molecule has 0 unspecified atom stereocenters. The van der Waals surface area contributed by atoms with Gasteiger partial charge in [-0.15, -0.1) is 0 Å². The first kappa shape index (κ1) is 26.6. The Morgan fingerprint density at radius 2 is 1.75 bits per heavy atom. The molecule has 0 aliphatic heterocycles. The number of methoxy groups -OCH3 is 1. The van der Waals surface area contributed by atoms with Gasteiger partial charge in [0.05, 0.1) is 12.6 Å². The quantitative estimate of drug-likeness (QED) is 0.194. The minimum Gasteiger partial charge on any atom is -0.467 e. The molecule has 0 saturated heterocycles. The van der Waals surface area contributed by atoms with Crippen molar-refractivity contribution in [2.45, 2.75) is 64.8 Å². The Bertz CT molecular complexity index is 870. The zero-order chi connectivity index (χ0) is 24.4. The minimum atomic E-state index is -1.48. The number of hydrogen-bond donors (Lipinski definition) is 0. The van der Waals surface area contributed by atoms with Gasteiger partial charge < -0.3 is 14.2 Å². The van der Waals surface area contributed by atoms with Crippen LogP contribution >= 0.6 is 0 Å². The number of amides is 2. The summed E-state index contributed by atoms with van der Waals surface area (Å²) < 4.78 is 15.5. The number of esters is 1. The first-order valence-corrected chi connectivity index (χ1v) is 10.00. The van der Waals surface area contributed by atoms with Crippen LogP contribution in [0.4, 0.5) is 9.59 Å². The number of carbonyl (C=O) groups is 3. The number of allylic oxidation sites excluding steroid dienone is 1. The van der Waals surface area contributed by atoms with Crippen molar-refractivity contribution in [2.75, 3.05) is 7.11 Å². The van der Waals surface area contributed by atoms with Crippen LogP contribution in [0.1, 0.15) is 46.6 Å². The van der Waals surface area contributed by atoms with E-state index in [2.05, 4.69) is 4.99 Å². The first-order chi connectivity index (χ1) is 15.0. The van der Waals surface area contributed by atoms with E-state index < -0.39 is 35.3 Å². The van der Waals surface area contributed by atoms with E-state index in [4.69, 9.17) is 14.2 Å². The SMILES string of the molecule is C/C=C/[C@@](C)(C[C@@H](C(=O)OC)N(C(=O)OCc1ccccc1)C(=O)OC(C)(C)C)N=C=O. The second-order valence-corrected chi connectivity index (χ2v) is 8.19. The van der Waals surface area contributed by atoms with E-state index in [1.165, 1.54) is 6.08 Å². The number of carbonyl (C=O) groups excluding carboxylic acids is 4. The third-order valence-electron chi connectivity index (χ3n) is 4.21. The highest BCUT2D eigenvalue weighted by atomic mass is 16.6. The van der Waals surface area contributed by atoms with Crippen LogP contribution in [0.2, 0.25) is 0 Å². The topological polar surface area (TPSA) is 112 Å². The number of hydrogen-bond acceptors (Lipinski definition) is 8. The summed E-state index contributed by atoms with van der Waals surface area (Å²) in [5.74, 6) is -0.899. The molecule has 0 aliphatic rings. The minimum absolute atomic E-state index is 0.133. The third kappa shape index (κ3) is 8.35. The summed E-state index contributed by atoms with van der Waals surface area (Å²) in [5.41, 5.74) is -1.51. The van der Waals surface area contributed by atoms with E-state index in [0.717, 1.165) is 7.11 Å². The average Bonchev–Trinajstić information content (AvgIpc) is 2.71. The van der Waals surface area contributed by atoms with Crippen molar-refractivity contribution in [2.24, 2.45) is 4.99 Å². The molecule has 2 atom stereocenters. The summed E-state index contributed by atoms with van der Waals surface area (Å²) in [4.78, 5) is 53.8. The molecule has 9 heteroatoms. The summed E-state index contributed by atoms with van der Waals surface area (Å²) in [6.45, 7) is 7.97. The first-order valence-electron chi connectivity index (χ1n) is 10.00. The molecular weight excluding hydrogens is 416 g/mol. The monoisotopic (exact) mass is 446 g/mol. The van der Waals surface area contributed by atoms with Gasteiger partial charge in [0.25, 0.3) is 0 Å². The van der Waals surface area contributed by atoms with Crippen molar-refractivity contribution in [3.63, 3.8) is 0 Å². The molecule has 2 amide bonds. The van der Waals surface area contributed by atoms with E-state index in [0.29, 0.717) is 10.5 Å². The maximum atomic E-state index is 13.0. The summed E-state index contributed by atoms with van der Waals surface area (Å²) in [6, 6.07) is 7.35. The molecule has 0 bridgehead atoms. The van der Waals surface area contributed by atoms with Crippen LogP contribution in [0.3, 0.4) is 0 Å². The van der Waals surface area contributed by atoms with Crippen LogP contribution in [0.5, 0.6) is 0 Å². The molecular formula is C23H30N2O7. The molecule has 0 fully saturated rings. The normalized spacial score (nSPS) is 13.9. The van der Waals surface area contributed by atoms with Crippen LogP contribution in [-0.2, 0) is 30.4 Å². The lowest BCUT2D eigenvalue weighted by atomic mass is 9.92. The molecule has 9 nitrogen and oxygen atoms in total. The van der Waals surface area contributed by atoms with Crippen molar-refractivity contribution in [3.05, 3.63) is 48.0 Å². The van der Waals surface area contributed by atoms with Crippen molar-refractivity contribution in [1.82, 2.24) is 4.90 Å². The standard InChI is InChI=1S/C23H30N2O7/c1-7-13-23(5,24-16-26)14-18(19(27)30-6)25(21(29)32-22(2,3)4)20(28)31-15-17-11-9-8-10-12-17/h7-13,18H,14-15H2,1-6H3/b13-7+/t18-,23-/m0/s1. The Hall–Kier alpha value is -3.45. The van der Waals surface area contributed by atoms with Gasteiger partial charge in [-0.1, -0.05) is 42.5 Å². The van der Waals surface area contributed by atoms with Crippen molar-refractivity contribution in [3.8, 4) is 0 Å². The summed E-state index contributed by atoms with van der Waals surface area (Å²) in [7, 11) is 1.12. The van der Waals surface area contributed by atoms with Crippen molar-refractivity contribution < 1.29 is 33.4 Å². The molecule has 0 spiro atoms. The lowest BCUT2D eigenvalue weighted by Gasteiger charge is -2.32. The van der Waals surface area contributed by atoms with Gasteiger partial charge in [0.1, 0.15) is 18.2 Å². The lowest BCUT2D eigenvalue weighted by Crippen LogP contribution is -2.53. The number of aliphatic imine (C=N–C) groups is 1. The van der Waals surface area contributed by atoms with Crippen LogP contribution in [0.25, 0.3) is 0 Å². The maximum Gasteiger partial charge on any atom is 0.420 e. The summed E-state index contributed by atoms with van der Waals surface area (Å²) >= 11 is 0. The highest BCUT2D eigenvalue weighted by Gasteiger charge is 2.43. The molecule has 0 heterocycles. The maximum absolute atomic E-state index is 13.0. The summed E-state index contributed by atoms with van der Waals surface area (Å²) in [6.07, 6.45) is 2.19. The average molecular weight is 447 g/mol. The fourth-order valence-corrected chi connectivity index (χ4v) is 2.85. The van der Waals surface area contributed by atoms with Gasteiger partial charge in [-0.2, -0.15) is 9.89 Å². The molecule has 1 rings (SSSR count). The highest BCUT2D eigenvalue weighted by Crippen LogP contribution is 2.25. The second-order valence-electron chi connectivity index (χ2n) is 8.19. The van der Waals surface area contributed by atoms with Gasteiger partial charge in [0.2, 0.25) is 6.08 Å². The van der Waals surface area contributed by atoms with Crippen LogP contribution in [0.15, 0.2) is 47.5 Å². The van der Waals surface area contributed by atoms with E-state index in [1.54, 1.807) is 77.1 Å². The Labute approximate surface area is 188 Å². The number of isocyanates is 1. The Morgan fingerprint density at radius 1 is 1.12 bits per heavy atom. The van der Waals surface area contributed by atoms with Crippen LogP contribution in [-0.4, -0.2) is 53.4 Å².